The maximum Gasteiger partial charge on any atom is 0.226 e. The van der Waals surface area contributed by atoms with E-state index in [1.807, 2.05) is 25.1 Å². The Labute approximate surface area is 90.1 Å². The molecule has 15 heavy (non-hydrogen) atoms. The number of hydrogen-bond acceptors (Lipinski definition) is 3. The number of amides is 1. The van der Waals surface area contributed by atoms with Crippen LogP contribution in [0.25, 0.3) is 0 Å². The molecule has 4 heteroatoms. The van der Waals surface area contributed by atoms with Gasteiger partial charge in [-0.1, -0.05) is 13.0 Å². The first-order valence-corrected chi connectivity index (χ1v) is 5.20. The molecule has 0 bridgehead atoms. The minimum atomic E-state index is 0.0200. The smallest absolute Gasteiger partial charge is 0.226 e. The third-order valence-corrected chi connectivity index (χ3v) is 1.94. The van der Waals surface area contributed by atoms with Crippen molar-refractivity contribution in [3.8, 4) is 0 Å². The summed E-state index contributed by atoms with van der Waals surface area (Å²) in [6.45, 7) is 4.44. The van der Waals surface area contributed by atoms with Crippen LogP contribution >= 0.6 is 0 Å². The molecule has 0 aliphatic rings. The van der Waals surface area contributed by atoms with Gasteiger partial charge in [-0.05, 0) is 18.7 Å². The minimum Gasteiger partial charge on any atom is -0.354 e. The molecule has 0 aliphatic heterocycles. The van der Waals surface area contributed by atoms with Crippen molar-refractivity contribution in [2.75, 3.05) is 19.6 Å². The average Bonchev–Trinajstić information content (AvgIpc) is 2.26. The molecule has 0 spiro atoms. The lowest BCUT2D eigenvalue weighted by Crippen LogP contribution is -2.32. The highest BCUT2D eigenvalue weighted by Crippen LogP contribution is 1.93. The fourth-order valence-corrected chi connectivity index (χ4v) is 1.20. The van der Waals surface area contributed by atoms with E-state index in [-0.39, 0.29) is 5.91 Å². The average molecular weight is 207 g/mol. The topological polar surface area (TPSA) is 54.0 Å². The van der Waals surface area contributed by atoms with E-state index in [1.165, 1.54) is 0 Å². The number of carbonyl (C=O) groups excluding carboxylic acids is 1. The van der Waals surface area contributed by atoms with Crippen LogP contribution in [-0.4, -0.2) is 30.5 Å². The monoisotopic (exact) mass is 207 g/mol. The third kappa shape index (κ3) is 5.12. The fourth-order valence-electron chi connectivity index (χ4n) is 1.20. The Morgan fingerprint density at radius 2 is 2.27 bits per heavy atom. The predicted molar refractivity (Wildman–Crippen MR) is 59.5 cm³/mol. The molecule has 1 rings (SSSR count). The molecule has 0 unspecified atom stereocenters. The van der Waals surface area contributed by atoms with Crippen molar-refractivity contribution in [3.63, 3.8) is 0 Å². The summed E-state index contributed by atoms with van der Waals surface area (Å²) in [5, 5.41) is 5.96. The Hall–Kier alpha value is -1.42. The first kappa shape index (κ1) is 11.7. The Balaban J connectivity index is 2.19. The summed E-state index contributed by atoms with van der Waals surface area (Å²) in [4.78, 5) is 15.5. The summed E-state index contributed by atoms with van der Waals surface area (Å²) in [5.41, 5.74) is 0.804. The number of nitrogens with zero attached hydrogens (tertiary/aromatic N) is 1. The van der Waals surface area contributed by atoms with E-state index in [9.17, 15) is 4.79 Å². The number of nitrogens with one attached hydrogen (secondary N) is 2. The molecule has 0 atom stereocenters. The molecule has 1 aromatic heterocycles. The minimum absolute atomic E-state index is 0.0200. The molecular formula is C11H17N3O. The summed E-state index contributed by atoms with van der Waals surface area (Å²) in [5.74, 6) is 0.0200. The summed E-state index contributed by atoms with van der Waals surface area (Å²) in [6, 6.07) is 5.57. The molecule has 1 aromatic rings. The van der Waals surface area contributed by atoms with Crippen LogP contribution in [0.5, 0.6) is 0 Å². The summed E-state index contributed by atoms with van der Waals surface area (Å²) < 4.78 is 0. The number of likely N-dealkylation sites (N-methyl/N-ethyl adjacent to an activating group) is 1. The van der Waals surface area contributed by atoms with Crippen molar-refractivity contribution in [2.45, 2.75) is 13.3 Å². The highest BCUT2D eigenvalue weighted by atomic mass is 16.1. The molecular weight excluding hydrogens is 190 g/mol. The molecule has 0 aliphatic carbocycles. The van der Waals surface area contributed by atoms with Gasteiger partial charge in [0.2, 0.25) is 5.91 Å². The number of pyridine rings is 1. The van der Waals surface area contributed by atoms with E-state index < -0.39 is 0 Å². The lowest BCUT2D eigenvalue weighted by molar-refractivity contribution is -0.120. The molecule has 82 valence electrons. The van der Waals surface area contributed by atoms with Gasteiger partial charge in [0.05, 0.1) is 6.42 Å². The predicted octanol–water partition coefficient (Wildman–Crippen LogP) is 0.350. The van der Waals surface area contributed by atoms with E-state index >= 15 is 0 Å². The SMILES string of the molecule is CCNCCNC(=O)Cc1ccccn1. The number of rotatable bonds is 6. The number of carbonyl (C=O) groups is 1. The molecule has 2 N–H and O–H groups in total. The van der Waals surface area contributed by atoms with Crippen LogP contribution in [-0.2, 0) is 11.2 Å². The molecule has 0 fully saturated rings. The van der Waals surface area contributed by atoms with E-state index in [0.717, 1.165) is 18.8 Å². The van der Waals surface area contributed by atoms with Gasteiger partial charge in [0.15, 0.2) is 0 Å². The normalized spacial score (nSPS) is 9.93. The first-order chi connectivity index (χ1) is 7.33. The largest absolute Gasteiger partial charge is 0.354 e. The Bertz CT molecular complexity index is 287. The maximum atomic E-state index is 11.4. The van der Waals surface area contributed by atoms with E-state index in [0.29, 0.717) is 13.0 Å². The van der Waals surface area contributed by atoms with Gasteiger partial charge in [-0.15, -0.1) is 0 Å². The van der Waals surface area contributed by atoms with Gasteiger partial charge in [-0.2, -0.15) is 0 Å². The molecule has 0 aromatic carbocycles. The van der Waals surface area contributed by atoms with Gasteiger partial charge in [0.1, 0.15) is 0 Å². The van der Waals surface area contributed by atoms with Crippen LogP contribution < -0.4 is 10.6 Å². The summed E-state index contributed by atoms with van der Waals surface area (Å²) in [7, 11) is 0. The van der Waals surface area contributed by atoms with Gasteiger partial charge >= 0.3 is 0 Å². The second-order valence-corrected chi connectivity index (χ2v) is 3.20. The molecule has 4 nitrogen and oxygen atoms in total. The van der Waals surface area contributed by atoms with E-state index in [1.54, 1.807) is 6.20 Å². The maximum absolute atomic E-state index is 11.4. The highest BCUT2D eigenvalue weighted by Gasteiger charge is 2.02. The van der Waals surface area contributed by atoms with Crippen LogP contribution in [0.4, 0.5) is 0 Å². The van der Waals surface area contributed by atoms with Crippen molar-refractivity contribution in [3.05, 3.63) is 30.1 Å². The third-order valence-electron chi connectivity index (χ3n) is 1.94. The van der Waals surface area contributed by atoms with Crippen LogP contribution in [0.2, 0.25) is 0 Å². The van der Waals surface area contributed by atoms with E-state index in [2.05, 4.69) is 15.6 Å². The quantitative estimate of drug-likeness (QED) is 0.662. The van der Waals surface area contributed by atoms with Crippen LogP contribution in [0.15, 0.2) is 24.4 Å². The van der Waals surface area contributed by atoms with Gasteiger partial charge < -0.3 is 10.6 Å². The lowest BCUT2D eigenvalue weighted by atomic mass is 10.2. The number of aromatic nitrogens is 1. The Kier molecular flexibility index (Phi) is 5.40. The molecule has 1 heterocycles. The van der Waals surface area contributed by atoms with Crippen molar-refractivity contribution in [1.82, 2.24) is 15.6 Å². The zero-order valence-corrected chi connectivity index (χ0v) is 8.99. The first-order valence-electron chi connectivity index (χ1n) is 5.20. The lowest BCUT2D eigenvalue weighted by Gasteiger charge is -2.04. The van der Waals surface area contributed by atoms with Crippen molar-refractivity contribution < 1.29 is 4.79 Å². The molecule has 1 amide bonds. The Morgan fingerprint density at radius 3 is 2.93 bits per heavy atom. The van der Waals surface area contributed by atoms with Crippen LogP contribution in [0.3, 0.4) is 0 Å². The standard InChI is InChI=1S/C11H17N3O/c1-2-12-7-8-14-11(15)9-10-5-3-4-6-13-10/h3-6,12H,2,7-9H2,1H3,(H,14,15). The molecule has 0 saturated carbocycles. The van der Waals surface area contributed by atoms with Crippen molar-refractivity contribution in [1.29, 1.82) is 0 Å². The van der Waals surface area contributed by atoms with Crippen molar-refractivity contribution >= 4 is 5.91 Å². The second-order valence-electron chi connectivity index (χ2n) is 3.20. The van der Waals surface area contributed by atoms with Crippen molar-refractivity contribution in [2.24, 2.45) is 0 Å². The zero-order chi connectivity index (χ0) is 10.9. The van der Waals surface area contributed by atoms with Gasteiger partial charge in [-0.3, -0.25) is 9.78 Å². The van der Waals surface area contributed by atoms with Crippen LogP contribution in [0, 0.1) is 0 Å². The molecule has 0 saturated heterocycles. The van der Waals surface area contributed by atoms with E-state index in [4.69, 9.17) is 0 Å². The Morgan fingerprint density at radius 1 is 1.40 bits per heavy atom. The number of hydrogen-bond donors (Lipinski definition) is 2. The second kappa shape index (κ2) is 6.95. The summed E-state index contributed by atoms with van der Waals surface area (Å²) >= 11 is 0. The van der Waals surface area contributed by atoms with Crippen LogP contribution in [0.1, 0.15) is 12.6 Å². The molecule has 0 radical (unpaired) electrons. The zero-order valence-electron chi connectivity index (χ0n) is 8.99. The van der Waals surface area contributed by atoms with Gasteiger partial charge in [-0.25, -0.2) is 0 Å². The fraction of sp³-hybridized carbons (Fsp3) is 0.455. The van der Waals surface area contributed by atoms with Gasteiger partial charge in [0.25, 0.3) is 0 Å². The highest BCUT2D eigenvalue weighted by molar-refractivity contribution is 5.78. The van der Waals surface area contributed by atoms with Gasteiger partial charge in [0, 0.05) is 25.0 Å². The summed E-state index contributed by atoms with van der Waals surface area (Å²) in [6.07, 6.45) is 2.05.